The number of primary amides is 1. The maximum Gasteiger partial charge on any atom is 0.573 e. The molecule has 0 bridgehead atoms. The molecule has 6 nitrogen and oxygen atoms in total. The van der Waals surface area contributed by atoms with Gasteiger partial charge < -0.3 is 20.4 Å². The number of amides is 1. The van der Waals surface area contributed by atoms with Crippen LogP contribution in [0.4, 0.5) is 13.2 Å². The van der Waals surface area contributed by atoms with E-state index in [4.69, 9.17) is 5.73 Å². The van der Waals surface area contributed by atoms with Crippen LogP contribution in [0, 0.1) is 0 Å². The molecule has 142 valence electrons. The van der Waals surface area contributed by atoms with Gasteiger partial charge in [-0.05, 0) is 48.0 Å². The number of hydrogen-bond acceptors (Lipinski definition) is 3. The number of nitrogens with zero attached hydrogens (tertiary/aromatic N) is 1. The smallest absolute Gasteiger partial charge is 0.406 e. The highest BCUT2D eigenvalue weighted by atomic mass is 19.4. The number of H-pyrrole nitrogens is 2. The Hall–Kier alpha value is -3.75. The maximum atomic E-state index is 12.3. The number of halogens is 3. The number of pyridine rings is 1. The molecule has 0 unspecified atom stereocenters. The van der Waals surface area contributed by atoms with Gasteiger partial charge in [0.1, 0.15) is 11.4 Å². The van der Waals surface area contributed by atoms with Crippen molar-refractivity contribution in [1.29, 1.82) is 0 Å². The minimum absolute atomic E-state index is 0.222. The van der Waals surface area contributed by atoms with E-state index in [0.717, 1.165) is 10.9 Å². The third-order valence-corrected chi connectivity index (χ3v) is 4.21. The average molecular weight is 386 g/mol. The van der Waals surface area contributed by atoms with Gasteiger partial charge in [-0.2, -0.15) is 0 Å². The van der Waals surface area contributed by atoms with Crippen LogP contribution >= 0.6 is 0 Å². The number of aromatic amines is 2. The van der Waals surface area contributed by atoms with Crippen molar-refractivity contribution in [3.05, 3.63) is 60.4 Å². The first-order valence-electron chi connectivity index (χ1n) is 8.13. The molecule has 1 amide bonds. The molecule has 0 aliphatic carbocycles. The van der Waals surface area contributed by atoms with Crippen molar-refractivity contribution >= 4 is 16.9 Å². The van der Waals surface area contributed by atoms with Gasteiger partial charge in [-0.15, -0.1) is 13.2 Å². The van der Waals surface area contributed by atoms with Crippen LogP contribution in [-0.2, 0) is 0 Å². The second kappa shape index (κ2) is 6.45. The van der Waals surface area contributed by atoms with Crippen molar-refractivity contribution < 1.29 is 22.7 Å². The molecule has 0 fully saturated rings. The minimum atomic E-state index is -4.78. The normalized spacial score (nSPS) is 11.7. The monoisotopic (exact) mass is 386 g/mol. The zero-order chi connectivity index (χ0) is 19.9. The number of hydrogen-bond donors (Lipinski definition) is 3. The molecule has 3 aromatic heterocycles. The van der Waals surface area contributed by atoms with E-state index >= 15 is 0 Å². The van der Waals surface area contributed by atoms with Crippen molar-refractivity contribution in [1.82, 2.24) is 15.0 Å². The predicted molar refractivity (Wildman–Crippen MR) is 96.5 cm³/mol. The number of rotatable bonds is 4. The van der Waals surface area contributed by atoms with Crippen LogP contribution < -0.4 is 10.5 Å². The van der Waals surface area contributed by atoms with E-state index in [2.05, 4.69) is 19.7 Å². The van der Waals surface area contributed by atoms with Crippen LogP contribution in [0.15, 0.2) is 54.9 Å². The molecule has 0 atom stereocenters. The highest BCUT2D eigenvalue weighted by molar-refractivity contribution is 6.02. The van der Waals surface area contributed by atoms with Crippen LogP contribution in [0.3, 0.4) is 0 Å². The summed E-state index contributed by atoms with van der Waals surface area (Å²) in [6.45, 7) is 0. The van der Waals surface area contributed by atoms with Gasteiger partial charge >= 0.3 is 6.36 Å². The summed E-state index contributed by atoms with van der Waals surface area (Å²) >= 11 is 0. The van der Waals surface area contributed by atoms with Crippen LogP contribution in [0.25, 0.3) is 33.5 Å². The van der Waals surface area contributed by atoms with Crippen molar-refractivity contribution in [2.45, 2.75) is 6.36 Å². The standard InChI is InChI=1S/C19H13F3N4O2/c20-19(21,22)28-11-3-1-10(2-4-11)16-14(17(23)27)9-15(26-16)12-5-7-24-18-13(12)6-8-25-18/h1-9,26H,(H2,23,27)(H,24,25). The Balaban J connectivity index is 1.78. The lowest BCUT2D eigenvalue weighted by molar-refractivity contribution is -0.274. The molecule has 0 spiro atoms. The highest BCUT2D eigenvalue weighted by Gasteiger charge is 2.31. The van der Waals surface area contributed by atoms with Gasteiger partial charge in [-0.1, -0.05) is 0 Å². The Bertz CT molecular complexity index is 1160. The Kier molecular flexibility index (Phi) is 4.07. The molecule has 1 aromatic carbocycles. The Morgan fingerprint density at radius 2 is 1.86 bits per heavy atom. The number of fused-ring (bicyclic) bond motifs is 1. The number of carbonyl (C=O) groups is 1. The van der Waals surface area contributed by atoms with Crippen LogP contribution in [0.5, 0.6) is 5.75 Å². The molecule has 0 saturated carbocycles. The van der Waals surface area contributed by atoms with E-state index in [1.807, 2.05) is 6.07 Å². The molecule has 28 heavy (non-hydrogen) atoms. The molecule has 4 rings (SSSR count). The van der Waals surface area contributed by atoms with Gasteiger partial charge in [-0.3, -0.25) is 4.79 Å². The second-order valence-electron chi connectivity index (χ2n) is 6.01. The highest BCUT2D eigenvalue weighted by Crippen LogP contribution is 2.33. The summed E-state index contributed by atoms with van der Waals surface area (Å²) in [4.78, 5) is 22.3. The first-order valence-corrected chi connectivity index (χ1v) is 8.13. The Morgan fingerprint density at radius 1 is 1.11 bits per heavy atom. The van der Waals surface area contributed by atoms with Gasteiger partial charge in [0, 0.05) is 29.0 Å². The number of nitrogens with one attached hydrogen (secondary N) is 2. The van der Waals surface area contributed by atoms with Crippen LogP contribution in [-0.4, -0.2) is 27.2 Å². The first kappa shape index (κ1) is 17.7. The third-order valence-electron chi connectivity index (χ3n) is 4.21. The summed E-state index contributed by atoms with van der Waals surface area (Å²) in [5.74, 6) is -1.01. The number of carbonyl (C=O) groups excluding carboxylic acids is 1. The fourth-order valence-electron chi connectivity index (χ4n) is 3.04. The fraction of sp³-hybridized carbons (Fsp3) is 0.0526. The molecule has 0 radical (unpaired) electrons. The predicted octanol–water partition coefficient (Wildman–Crippen LogP) is 4.22. The summed E-state index contributed by atoms with van der Waals surface area (Å²) in [7, 11) is 0. The molecule has 0 aliphatic rings. The quantitative estimate of drug-likeness (QED) is 0.490. The van der Waals surface area contributed by atoms with E-state index in [1.165, 1.54) is 24.3 Å². The van der Waals surface area contributed by atoms with Gasteiger partial charge in [0.15, 0.2) is 0 Å². The molecule has 0 saturated heterocycles. The average Bonchev–Trinajstić information content (AvgIpc) is 3.28. The summed E-state index contributed by atoms with van der Waals surface area (Å²) in [5, 5.41) is 0.847. The van der Waals surface area contributed by atoms with Gasteiger partial charge in [0.25, 0.3) is 5.91 Å². The summed E-state index contributed by atoms with van der Waals surface area (Å²) in [6.07, 6.45) is -1.40. The fourth-order valence-corrected chi connectivity index (χ4v) is 3.04. The lowest BCUT2D eigenvalue weighted by Crippen LogP contribution is -2.17. The summed E-state index contributed by atoms with van der Waals surface area (Å²) in [6, 6.07) is 10.4. The second-order valence-corrected chi connectivity index (χ2v) is 6.01. The zero-order valence-electron chi connectivity index (χ0n) is 14.2. The lowest BCUT2D eigenvalue weighted by Gasteiger charge is -2.09. The van der Waals surface area contributed by atoms with Crippen molar-refractivity contribution in [3.8, 4) is 28.3 Å². The van der Waals surface area contributed by atoms with E-state index in [1.54, 1.807) is 24.5 Å². The third kappa shape index (κ3) is 3.29. The van der Waals surface area contributed by atoms with E-state index in [9.17, 15) is 18.0 Å². The number of nitrogens with two attached hydrogens (primary N) is 1. The van der Waals surface area contributed by atoms with Crippen LogP contribution in [0.2, 0.25) is 0 Å². The Labute approximate surface area is 156 Å². The van der Waals surface area contributed by atoms with Crippen molar-refractivity contribution in [2.24, 2.45) is 5.73 Å². The molecule has 4 aromatic rings. The SMILES string of the molecule is NC(=O)c1cc(-c2ccnc3[nH]ccc23)[nH]c1-c1ccc(OC(F)(F)F)cc1. The summed E-state index contributed by atoms with van der Waals surface area (Å²) < 4.78 is 40.9. The summed E-state index contributed by atoms with van der Waals surface area (Å²) in [5.41, 5.74) is 8.74. The van der Waals surface area contributed by atoms with Crippen molar-refractivity contribution in [2.75, 3.05) is 0 Å². The number of benzene rings is 1. The van der Waals surface area contributed by atoms with Crippen molar-refractivity contribution in [3.63, 3.8) is 0 Å². The molecule has 0 aliphatic heterocycles. The van der Waals surface area contributed by atoms with E-state index in [-0.39, 0.29) is 11.3 Å². The number of alkyl halides is 3. The van der Waals surface area contributed by atoms with Gasteiger partial charge in [0.05, 0.1) is 11.3 Å². The largest absolute Gasteiger partial charge is 0.573 e. The number of aromatic nitrogens is 3. The van der Waals surface area contributed by atoms with E-state index in [0.29, 0.717) is 22.6 Å². The van der Waals surface area contributed by atoms with Crippen LogP contribution in [0.1, 0.15) is 10.4 Å². The van der Waals surface area contributed by atoms with E-state index < -0.39 is 12.3 Å². The Morgan fingerprint density at radius 3 is 2.54 bits per heavy atom. The van der Waals surface area contributed by atoms with Gasteiger partial charge in [0.2, 0.25) is 0 Å². The molecular weight excluding hydrogens is 373 g/mol. The maximum absolute atomic E-state index is 12.3. The minimum Gasteiger partial charge on any atom is -0.406 e. The molecule has 3 heterocycles. The number of ether oxygens (including phenoxy) is 1. The van der Waals surface area contributed by atoms with Gasteiger partial charge in [-0.25, -0.2) is 4.98 Å². The first-order chi connectivity index (χ1) is 13.3. The topological polar surface area (TPSA) is 96.8 Å². The molecule has 9 heteroatoms. The molecular formula is C19H13F3N4O2. The zero-order valence-corrected chi connectivity index (χ0v) is 14.2. The molecule has 4 N–H and O–H groups in total. The lowest BCUT2D eigenvalue weighted by atomic mass is 10.1.